The van der Waals surface area contributed by atoms with Crippen molar-refractivity contribution in [3.05, 3.63) is 52.6 Å². The molecule has 170 valence electrons. The second kappa shape index (κ2) is 10.2. The van der Waals surface area contributed by atoms with E-state index in [2.05, 4.69) is 22.4 Å². The Hall–Kier alpha value is -3.07. The first-order chi connectivity index (χ1) is 16.0. The molecule has 4 rings (SSSR count). The quantitative estimate of drug-likeness (QED) is 0.579. The molecule has 2 heterocycles. The first kappa shape index (κ1) is 23.1. The zero-order chi connectivity index (χ0) is 23.4. The molecule has 2 aromatic rings. The molecule has 1 aromatic heterocycles. The van der Waals surface area contributed by atoms with E-state index >= 15 is 0 Å². The fourth-order valence-electron chi connectivity index (χ4n) is 4.42. The number of hydrogen-bond acceptors (Lipinski definition) is 7. The van der Waals surface area contributed by atoms with Gasteiger partial charge >= 0.3 is 0 Å². The standard InChI is InChI=1S/C25H28N6OS/c1-2-19-20(13-26)24(31-12-6-9-18(15-31)29-17-10-11-17)30-25(21(19)14-27)33-22(23(28)32)16-7-4-3-5-8-16/h3-5,7-8,17-18,22,29H,2,6,9-12,15H2,1H3,(H2,28,32)/t18-,22?/m0/s1. The summed E-state index contributed by atoms with van der Waals surface area (Å²) in [6.07, 6.45) is 5.09. The fraction of sp³-hybridized carbons (Fsp3) is 0.440. The number of hydrogen-bond donors (Lipinski definition) is 2. The molecule has 1 saturated carbocycles. The smallest absolute Gasteiger partial charge is 0.235 e. The van der Waals surface area contributed by atoms with Gasteiger partial charge < -0.3 is 16.0 Å². The SMILES string of the molecule is CCc1c(C#N)c(SC(C(N)=O)c2ccccc2)nc(N2CCC[C@H](NC3CC3)C2)c1C#N. The molecule has 7 nitrogen and oxygen atoms in total. The van der Waals surface area contributed by atoms with Crippen molar-refractivity contribution in [3.63, 3.8) is 0 Å². The van der Waals surface area contributed by atoms with E-state index in [1.165, 1.54) is 24.6 Å². The van der Waals surface area contributed by atoms with Gasteiger partial charge in [-0.1, -0.05) is 49.0 Å². The predicted molar refractivity (Wildman–Crippen MR) is 129 cm³/mol. The van der Waals surface area contributed by atoms with Crippen LogP contribution in [0.1, 0.15) is 60.1 Å². The highest BCUT2D eigenvalue weighted by atomic mass is 32.2. The summed E-state index contributed by atoms with van der Waals surface area (Å²) in [5, 5.41) is 23.5. The molecule has 1 unspecified atom stereocenters. The molecule has 8 heteroatoms. The third-order valence-electron chi connectivity index (χ3n) is 6.19. The highest BCUT2D eigenvalue weighted by Gasteiger charge is 2.31. The van der Waals surface area contributed by atoms with Crippen LogP contribution in [-0.4, -0.2) is 36.1 Å². The number of aromatic nitrogens is 1. The van der Waals surface area contributed by atoms with Crippen LogP contribution in [0.5, 0.6) is 0 Å². The number of rotatable bonds is 8. The number of amides is 1. The highest BCUT2D eigenvalue weighted by molar-refractivity contribution is 8.00. The van der Waals surface area contributed by atoms with Crippen LogP contribution < -0.4 is 16.0 Å². The van der Waals surface area contributed by atoms with E-state index in [4.69, 9.17) is 10.7 Å². The minimum absolute atomic E-state index is 0.356. The Kier molecular flexibility index (Phi) is 7.17. The summed E-state index contributed by atoms with van der Waals surface area (Å²) in [5.41, 5.74) is 8.00. The van der Waals surface area contributed by atoms with Crippen LogP contribution in [0.15, 0.2) is 35.4 Å². The van der Waals surface area contributed by atoms with Gasteiger partial charge in [0.2, 0.25) is 5.91 Å². The normalized spacial score (nSPS) is 18.9. The van der Waals surface area contributed by atoms with Gasteiger partial charge in [0.15, 0.2) is 0 Å². The van der Waals surface area contributed by atoms with Crippen molar-refractivity contribution in [2.24, 2.45) is 5.73 Å². The Morgan fingerprint density at radius 3 is 2.55 bits per heavy atom. The molecule has 1 aliphatic carbocycles. The van der Waals surface area contributed by atoms with Crippen LogP contribution in [0.25, 0.3) is 0 Å². The predicted octanol–water partition coefficient (Wildman–Crippen LogP) is 3.43. The van der Waals surface area contributed by atoms with Gasteiger partial charge in [-0.15, -0.1) is 0 Å². The summed E-state index contributed by atoms with van der Waals surface area (Å²) in [5.74, 6) is 0.113. The van der Waals surface area contributed by atoms with Crippen LogP contribution in [-0.2, 0) is 11.2 Å². The number of anilines is 1. The highest BCUT2D eigenvalue weighted by Crippen LogP contribution is 2.40. The minimum Gasteiger partial charge on any atom is -0.368 e. The zero-order valence-corrected chi connectivity index (χ0v) is 19.6. The maximum absolute atomic E-state index is 12.3. The number of carbonyl (C=O) groups excluding carboxylic acids is 1. The van der Waals surface area contributed by atoms with E-state index in [1.807, 2.05) is 37.3 Å². The Labute approximate surface area is 199 Å². The van der Waals surface area contributed by atoms with Crippen molar-refractivity contribution in [1.82, 2.24) is 10.3 Å². The largest absolute Gasteiger partial charge is 0.368 e. The van der Waals surface area contributed by atoms with Crippen molar-refractivity contribution < 1.29 is 4.79 Å². The van der Waals surface area contributed by atoms with Crippen molar-refractivity contribution in [3.8, 4) is 12.1 Å². The number of primary amides is 1. The maximum Gasteiger partial charge on any atom is 0.235 e. The molecular formula is C25H28N6OS. The molecule has 1 saturated heterocycles. The number of benzene rings is 1. The molecule has 0 radical (unpaired) electrons. The summed E-state index contributed by atoms with van der Waals surface area (Å²) in [4.78, 5) is 19.3. The van der Waals surface area contributed by atoms with Gasteiger partial charge in [0.25, 0.3) is 0 Å². The monoisotopic (exact) mass is 460 g/mol. The third kappa shape index (κ3) is 5.13. The van der Waals surface area contributed by atoms with Gasteiger partial charge in [0.05, 0.1) is 11.1 Å². The van der Waals surface area contributed by atoms with Crippen molar-refractivity contribution in [1.29, 1.82) is 10.5 Å². The summed E-state index contributed by atoms with van der Waals surface area (Å²) in [7, 11) is 0. The number of thioether (sulfide) groups is 1. The fourth-order valence-corrected chi connectivity index (χ4v) is 5.47. The lowest BCUT2D eigenvalue weighted by atomic mass is 10.00. The second-order valence-corrected chi connectivity index (χ2v) is 9.68. The van der Waals surface area contributed by atoms with E-state index in [0.717, 1.165) is 31.5 Å². The minimum atomic E-state index is -0.679. The summed E-state index contributed by atoms with van der Waals surface area (Å²) in [6.45, 7) is 3.52. The van der Waals surface area contributed by atoms with Crippen LogP contribution in [0.4, 0.5) is 5.82 Å². The first-order valence-corrected chi connectivity index (χ1v) is 12.3. The van der Waals surface area contributed by atoms with E-state index in [1.54, 1.807) is 0 Å². The maximum atomic E-state index is 12.3. The molecule has 2 aliphatic rings. The Morgan fingerprint density at radius 2 is 1.94 bits per heavy atom. The number of nitrogens with one attached hydrogen (secondary N) is 1. The molecule has 3 N–H and O–H groups in total. The van der Waals surface area contributed by atoms with E-state index in [-0.39, 0.29) is 0 Å². The molecule has 2 fully saturated rings. The van der Waals surface area contributed by atoms with E-state index in [9.17, 15) is 15.3 Å². The van der Waals surface area contributed by atoms with Crippen LogP contribution in [0.3, 0.4) is 0 Å². The van der Waals surface area contributed by atoms with Gasteiger partial charge in [-0.2, -0.15) is 10.5 Å². The van der Waals surface area contributed by atoms with Crippen molar-refractivity contribution >= 4 is 23.5 Å². The molecule has 33 heavy (non-hydrogen) atoms. The molecule has 1 amide bonds. The van der Waals surface area contributed by atoms with Crippen LogP contribution in [0.2, 0.25) is 0 Å². The van der Waals surface area contributed by atoms with Gasteiger partial charge in [-0.25, -0.2) is 4.98 Å². The van der Waals surface area contributed by atoms with Gasteiger partial charge in [-0.05, 0) is 43.2 Å². The lowest BCUT2D eigenvalue weighted by Gasteiger charge is -2.35. The number of nitrogens with zero attached hydrogens (tertiary/aromatic N) is 4. The third-order valence-corrected chi connectivity index (χ3v) is 7.44. The molecule has 1 aromatic carbocycles. The average molecular weight is 461 g/mol. The number of nitrogens with two attached hydrogens (primary N) is 1. The molecule has 1 aliphatic heterocycles. The topological polar surface area (TPSA) is 119 Å². The van der Waals surface area contributed by atoms with Crippen LogP contribution in [0, 0.1) is 22.7 Å². The lowest BCUT2D eigenvalue weighted by molar-refractivity contribution is -0.117. The number of carbonyl (C=O) groups is 1. The van der Waals surface area contributed by atoms with E-state index < -0.39 is 11.2 Å². The Bertz CT molecular complexity index is 1100. The lowest BCUT2D eigenvalue weighted by Crippen LogP contribution is -2.47. The van der Waals surface area contributed by atoms with Gasteiger partial charge in [-0.3, -0.25) is 4.79 Å². The number of pyridine rings is 1. The van der Waals surface area contributed by atoms with E-state index in [0.29, 0.717) is 46.0 Å². The van der Waals surface area contributed by atoms with Gasteiger partial charge in [0.1, 0.15) is 28.2 Å². The second-order valence-electron chi connectivity index (χ2n) is 8.58. The van der Waals surface area contributed by atoms with Gasteiger partial charge in [0, 0.05) is 25.2 Å². The molecule has 2 atom stereocenters. The Balaban J connectivity index is 1.74. The molecular weight excluding hydrogens is 432 g/mol. The molecule has 0 bridgehead atoms. The first-order valence-electron chi connectivity index (χ1n) is 11.4. The van der Waals surface area contributed by atoms with Crippen LogP contribution >= 0.6 is 11.8 Å². The Morgan fingerprint density at radius 1 is 1.21 bits per heavy atom. The zero-order valence-electron chi connectivity index (χ0n) is 18.8. The van der Waals surface area contributed by atoms with Crippen molar-refractivity contribution in [2.75, 3.05) is 18.0 Å². The summed E-state index contributed by atoms with van der Waals surface area (Å²) in [6, 6.07) is 14.8. The number of nitriles is 2. The van der Waals surface area contributed by atoms with Crippen molar-refractivity contribution in [2.45, 2.75) is 61.4 Å². The average Bonchev–Trinajstić information content (AvgIpc) is 3.65. The molecule has 0 spiro atoms. The summed E-state index contributed by atoms with van der Waals surface area (Å²) >= 11 is 1.19. The summed E-state index contributed by atoms with van der Waals surface area (Å²) < 4.78 is 0. The number of piperidine rings is 1.